The number of hydrogen-bond acceptors (Lipinski definition) is 4. The van der Waals surface area contributed by atoms with Gasteiger partial charge in [-0.15, -0.1) is 0 Å². The topological polar surface area (TPSA) is 92.3 Å². The van der Waals surface area contributed by atoms with Crippen LogP contribution in [0.25, 0.3) is 10.9 Å². The van der Waals surface area contributed by atoms with Gasteiger partial charge in [0.25, 0.3) is 5.91 Å². The lowest BCUT2D eigenvalue weighted by atomic mass is 10.1. The minimum Gasteiger partial charge on any atom is -0.381 e. The summed E-state index contributed by atoms with van der Waals surface area (Å²) in [6, 6.07) is 6.54. The second-order valence-corrected chi connectivity index (χ2v) is 8.08. The highest BCUT2D eigenvalue weighted by molar-refractivity contribution is 5.99. The summed E-state index contributed by atoms with van der Waals surface area (Å²) in [6.07, 6.45) is 1.40. The molecule has 5 rings (SSSR count). The van der Waals surface area contributed by atoms with E-state index >= 15 is 0 Å². The molecule has 3 aromatic rings. The normalized spacial score (nSPS) is 18.4. The first-order valence-electron chi connectivity index (χ1n) is 10.6. The van der Waals surface area contributed by atoms with Gasteiger partial charge in [0.1, 0.15) is 11.5 Å². The maximum atomic E-state index is 13.8. The number of rotatable bonds is 4. The van der Waals surface area contributed by atoms with Crippen LogP contribution in [0, 0.1) is 11.7 Å². The number of H-pyrrole nitrogens is 1. The third kappa shape index (κ3) is 3.69. The first kappa shape index (κ1) is 19.7. The van der Waals surface area contributed by atoms with Crippen molar-refractivity contribution in [1.29, 1.82) is 0 Å². The molecule has 1 saturated heterocycles. The van der Waals surface area contributed by atoms with Gasteiger partial charge in [-0.2, -0.15) is 5.10 Å². The quantitative estimate of drug-likeness (QED) is 0.672. The molecule has 31 heavy (non-hydrogen) atoms. The Morgan fingerprint density at radius 1 is 1.29 bits per heavy atom. The van der Waals surface area contributed by atoms with E-state index in [2.05, 4.69) is 15.4 Å². The van der Waals surface area contributed by atoms with Crippen LogP contribution in [-0.4, -0.2) is 51.2 Å². The number of aromatic nitrogens is 3. The summed E-state index contributed by atoms with van der Waals surface area (Å²) in [5, 5.41) is 8.18. The van der Waals surface area contributed by atoms with E-state index < -0.39 is 0 Å². The lowest BCUT2D eigenvalue weighted by Gasteiger charge is -2.27. The summed E-state index contributed by atoms with van der Waals surface area (Å²) >= 11 is 0. The van der Waals surface area contributed by atoms with Gasteiger partial charge in [0.2, 0.25) is 5.91 Å². The minimum absolute atomic E-state index is 0.0853. The molecule has 0 spiro atoms. The Balaban J connectivity index is 1.32. The average Bonchev–Trinajstić information content (AvgIpc) is 3.50. The maximum absolute atomic E-state index is 13.8. The van der Waals surface area contributed by atoms with Gasteiger partial charge in [0.15, 0.2) is 5.82 Å². The zero-order valence-electron chi connectivity index (χ0n) is 17.3. The maximum Gasteiger partial charge on any atom is 0.270 e. The molecule has 8 nitrogen and oxygen atoms in total. The Kier molecular flexibility index (Phi) is 4.97. The van der Waals surface area contributed by atoms with Gasteiger partial charge in [-0.25, -0.2) is 4.39 Å². The lowest BCUT2D eigenvalue weighted by Crippen LogP contribution is -2.38. The van der Waals surface area contributed by atoms with Crippen LogP contribution in [0.3, 0.4) is 0 Å². The highest BCUT2D eigenvalue weighted by Crippen LogP contribution is 2.25. The van der Waals surface area contributed by atoms with E-state index in [4.69, 9.17) is 4.74 Å². The van der Waals surface area contributed by atoms with Crippen LogP contribution in [0.5, 0.6) is 0 Å². The van der Waals surface area contributed by atoms with Crippen molar-refractivity contribution in [3.05, 3.63) is 47.0 Å². The minimum atomic E-state index is -0.314. The number of anilines is 1. The first-order chi connectivity index (χ1) is 15.0. The van der Waals surface area contributed by atoms with Gasteiger partial charge >= 0.3 is 0 Å². The summed E-state index contributed by atoms with van der Waals surface area (Å²) in [4.78, 5) is 30.2. The number of nitrogens with zero attached hydrogens (tertiary/aromatic N) is 3. The van der Waals surface area contributed by atoms with Gasteiger partial charge < -0.3 is 19.9 Å². The van der Waals surface area contributed by atoms with E-state index in [1.807, 2.05) is 17.7 Å². The van der Waals surface area contributed by atoms with Gasteiger partial charge in [0, 0.05) is 30.1 Å². The molecular formula is C22H24FN5O3. The predicted octanol–water partition coefficient (Wildman–Crippen LogP) is 2.70. The molecule has 2 N–H and O–H groups in total. The van der Waals surface area contributed by atoms with Crippen molar-refractivity contribution in [2.24, 2.45) is 5.92 Å². The Hall–Kier alpha value is -3.20. The molecule has 1 unspecified atom stereocenters. The molecule has 0 aliphatic carbocycles. The van der Waals surface area contributed by atoms with Gasteiger partial charge in [-0.1, -0.05) is 6.92 Å². The number of benzene rings is 1. The highest BCUT2D eigenvalue weighted by atomic mass is 19.1. The molecule has 162 valence electrons. The highest BCUT2D eigenvalue weighted by Gasteiger charge is 2.27. The zero-order valence-corrected chi connectivity index (χ0v) is 17.3. The van der Waals surface area contributed by atoms with Crippen molar-refractivity contribution in [3.8, 4) is 0 Å². The third-order valence-electron chi connectivity index (χ3n) is 6.04. The predicted molar refractivity (Wildman–Crippen MR) is 112 cm³/mol. The van der Waals surface area contributed by atoms with Crippen molar-refractivity contribution in [3.63, 3.8) is 0 Å². The Morgan fingerprint density at radius 3 is 2.94 bits per heavy atom. The number of ether oxygens (including phenoxy) is 1. The van der Waals surface area contributed by atoms with E-state index in [0.29, 0.717) is 56.3 Å². The molecule has 2 aliphatic rings. The molecule has 2 aromatic heterocycles. The number of halogens is 1. The third-order valence-corrected chi connectivity index (χ3v) is 6.04. The Labute approximate surface area is 178 Å². The fourth-order valence-electron chi connectivity index (χ4n) is 4.32. The second-order valence-electron chi connectivity index (χ2n) is 8.08. The molecule has 1 aromatic carbocycles. The summed E-state index contributed by atoms with van der Waals surface area (Å²) in [5.41, 5.74) is 2.80. The van der Waals surface area contributed by atoms with Crippen molar-refractivity contribution in [2.45, 2.75) is 32.9 Å². The molecule has 0 bridgehead atoms. The number of carbonyl (C=O) groups excluding carboxylic acids is 2. The van der Waals surface area contributed by atoms with Crippen molar-refractivity contribution in [2.75, 3.05) is 25.1 Å². The van der Waals surface area contributed by atoms with Crippen LogP contribution in [0.4, 0.5) is 10.2 Å². The first-order valence-corrected chi connectivity index (χ1v) is 10.6. The largest absolute Gasteiger partial charge is 0.381 e. The fraction of sp³-hybridized carbons (Fsp3) is 0.409. The van der Waals surface area contributed by atoms with E-state index in [0.717, 1.165) is 23.1 Å². The van der Waals surface area contributed by atoms with Crippen LogP contribution >= 0.6 is 0 Å². The van der Waals surface area contributed by atoms with Crippen LogP contribution in [0.15, 0.2) is 24.3 Å². The molecule has 2 aliphatic heterocycles. The summed E-state index contributed by atoms with van der Waals surface area (Å²) < 4.78 is 20.9. The van der Waals surface area contributed by atoms with Crippen LogP contribution in [0.1, 0.15) is 35.1 Å². The average molecular weight is 425 g/mol. The number of hydrogen-bond donors (Lipinski definition) is 2. The summed E-state index contributed by atoms with van der Waals surface area (Å²) in [5.74, 6) is -0.185. The molecule has 4 heterocycles. The standard InChI is InChI=1S/C22H24FN5O3/c1-2-13-7-15(23)8-18-17(13)10-19(24-18)22(30)27-4-5-28-16(11-27)9-20(26-28)25-21(29)14-3-6-31-12-14/h7-10,14,24H,2-6,11-12H2,1H3,(H,25,26,29). The van der Waals surface area contributed by atoms with Crippen LogP contribution in [-0.2, 0) is 29.0 Å². The smallest absolute Gasteiger partial charge is 0.270 e. The van der Waals surface area contributed by atoms with Gasteiger partial charge in [-0.3, -0.25) is 14.3 Å². The van der Waals surface area contributed by atoms with Gasteiger partial charge in [-0.05, 0) is 36.6 Å². The van der Waals surface area contributed by atoms with Gasteiger partial charge in [0.05, 0.1) is 31.3 Å². The number of amides is 2. The Bertz CT molecular complexity index is 1160. The van der Waals surface area contributed by atoms with Crippen molar-refractivity contribution >= 4 is 28.5 Å². The number of fused-ring (bicyclic) bond motifs is 2. The molecule has 0 radical (unpaired) electrons. The molecule has 0 saturated carbocycles. The monoisotopic (exact) mass is 425 g/mol. The molecular weight excluding hydrogens is 401 g/mol. The summed E-state index contributed by atoms with van der Waals surface area (Å²) in [7, 11) is 0. The number of carbonyl (C=O) groups is 2. The molecule has 9 heteroatoms. The van der Waals surface area contributed by atoms with Crippen molar-refractivity contribution in [1.82, 2.24) is 19.7 Å². The number of nitrogens with one attached hydrogen (secondary N) is 2. The van der Waals surface area contributed by atoms with Crippen molar-refractivity contribution < 1.29 is 18.7 Å². The summed E-state index contributed by atoms with van der Waals surface area (Å²) in [6.45, 7) is 4.44. The number of aryl methyl sites for hydroxylation is 1. The lowest BCUT2D eigenvalue weighted by molar-refractivity contribution is -0.119. The van der Waals surface area contributed by atoms with E-state index in [1.165, 1.54) is 12.1 Å². The number of aromatic amines is 1. The van der Waals surface area contributed by atoms with Crippen LogP contribution in [0.2, 0.25) is 0 Å². The SMILES string of the molecule is CCc1cc(F)cc2[nH]c(C(=O)N3CCn4nc(NC(=O)C5CCOC5)cc4C3)cc12. The Morgan fingerprint density at radius 2 is 2.16 bits per heavy atom. The fourth-order valence-corrected chi connectivity index (χ4v) is 4.32. The molecule has 2 amide bonds. The van der Waals surface area contributed by atoms with Crippen LogP contribution < -0.4 is 5.32 Å². The molecule has 1 fully saturated rings. The van der Waals surface area contributed by atoms with E-state index in [-0.39, 0.29) is 23.5 Å². The molecule has 1 atom stereocenters. The second kappa shape index (κ2) is 7.81. The van der Waals surface area contributed by atoms with E-state index in [9.17, 15) is 14.0 Å². The zero-order chi connectivity index (χ0) is 21.5. The van der Waals surface area contributed by atoms with E-state index in [1.54, 1.807) is 11.0 Å².